The van der Waals surface area contributed by atoms with Gasteiger partial charge in [0.25, 0.3) is 0 Å². The fourth-order valence-electron chi connectivity index (χ4n) is 2.26. The molecular weight excluding hydrogens is 401 g/mol. The van der Waals surface area contributed by atoms with E-state index in [0.29, 0.717) is 6.42 Å². The van der Waals surface area contributed by atoms with Gasteiger partial charge in [-0.25, -0.2) is 4.39 Å². The van der Waals surface area contributed by atoms with Crippen molar-refractivity contribution in [2.75, 3.05) is 14.2 Å². The SMILES string of the molecule is CNC(Cc1cc(F)ccc1Br)c1ccc(Br)cc1OC. The maximum atomic E-state index is 13.4. The van der Waals surface area contributed by atoms with E-state index in [9.17, 15) is 4.39 Å². The van der Waals surface area contributed by atoms with E-state index in [0.717, 1.165) is 25.8 Å². The van der Waals surface area contributed by atoms with Crippen molar-refractivity contribution in [3.63, 3.8) is 0 Å². The van der Waals surface area contributed by atoms with Crippen LogP contribution in [0.3, 0.4) is 0 Å². The summed E-state index contributed by atoms with van der Waals surface area (Å²) in [7, 11) is 3.54. The summed E-state index contributed by atoms with van der Waals surface area (Å²) < 4.78 is 20.7. The quantitative estimate of drug-likeness (QED) is 0.751. The van der Waals surface area contributed by atoms with Gasteiger partial charge >= 0.3 is 0 Å². The number of hydrogen-bond donors (Lipinski definition) is 1. The van der Waals surface area contributed by atoms with Crippen LogP contribution in [0.2, 0.25) is 0 Å². The molecule has 112 valence electrons. The molecule has 0 saturated heterocycles. The molecular formula is C16H16Br2FNO. The third-order valence-corrected chi connectivity index (χ3v) is 4.62. The molecule has 1 unspecified atom stereocenters. The number of benzene rings is 2. The van der Waals surface area contributed by atoms with Crippen molar-refractivity contribution in [2.24, 2.45) is 0 Å². The van der Waals surface area contributed by atoms with Crippen molar-refractivity contribution in [3.05, 3.63) is 62.3 Å². The standard InChI is InChI=1S/C16H16Br2FNO/c1-20-15(8-10-7-12(19)4-6-14(10)18)13-5-3-11(17)9-16(13)21-2/h3-7,9,15,20H,8H2,1-2H3. The Labute approximate surface area is 141 Å². The van der Waals surface area contributed by atoms with E-state index < -0.39 is 0 Å². The van der Waals surface area contributed by atoms with Gasteiger partial charge < -0.3 is 10.1 Å². The third kappa shape index (κ3) is 4.05. The number of ether oxygens (including phenoxy) is 1. The Morgan fingerprint density at radius 2 is 1.95 bits per heavy atom. The number of halogens is 3. The van der Waals surface area contributed by atoms with Gasteiger partial charge in [0, 0.05) is 20.6 Å². The van der Waals surface area contributed by atoms with Crippen LogP contribution >= 0.6 is 31.9 Å². The molecule has 0 aliphatic rings. The summed E-state index contributed by atoms with van der Waals surface area (Å²) in [5, 5.41) is 3.27. The summed E-state index contributed by atoms with van der Waals surface area (Å²) in [6.45, 7) is 0. The van der Waals surface area contributed by atoms with Crippen LogP contribution in [0.1, 0.15) is 17.2 Å². The van der Waals surface area contributed by atoms with Gasteiger partial charge in [0.05, 0.1) is 7.11 Å². The van der Waals surface area contributed by atoms with E-state index in [1.165, 1.54) is 6.07 Å². The zero-order valence-electron chi connectivity index (χ0n) is 11.8. The molecule has 2 aromatic carbocycles. The third-order valence-electron chi connectivity index (χ3n) is 3.35. The summed E-state index contributed by atoms with van der Waals surface area (Å²) in [5.41, 5.74) is 1.96. The Balaban J connectivity index is 2.34. The first kappa shape index (κ1) is 16.5. The monoisotopic (exact) mass is 415 g/mol. The highest BCUT2D eigenvalue weighted by molar-refractivity contribution is 9.10. The predicted octanol–water partition coefficient (Wildman–Crippen LogP) is 4.86. The molecule has 1 atom stereocenters. The molecule has 0 aromatic heterocycles. The Kier molecular flexibility index (Phi) is 5.79. The molecule has 0 radical (unpaired) electrons. The van der Waals surface area contributed by atoms with Crippen molar-refractivity contribution in [3.8, 4) is 5.75 Å². The number of hydrogen-bond acceptors (Lipinski definition) is 2. The van der Waals surface area contributed by atoms with Crippen LogP contribution in [0.4, 0.5) is 4.39 Å². The second kappa shape index (κ2) is 7.38. The van der Waals surface area contributed by atoms with E-state index in [1.54, 1.807) is 19.2 Å². The van der Waals surface area contributed by atoms with Crippen LogP contribution in [0.5, 0.6) is 5.75 Å². The number of methoxy groups -OCH3 is 1. The zero-order chi connectivity index (χ0) is 15.4. The summed E-state index contributed by atoms with van der Waals surface area (Å²) in [6.07, 6.45) is 0.660. The maximum absolute atomic E-state index is 13.4. The summed E-state index contributed by atoms with van der Waals surface area (Å²) >= 11 is 6.91. The zero-order valence-corrected chi connectivity index (χ0v) is 15.0. The number of rotatable bonds is 5. The molecule has 2 aromatic rings. The topological polar surface area (TPSA) is 21.3 Å². The second-order valence-electron chi connectivity index (χ2n) is 4.67. The first-order valence-corrected chi connectivity index (χ1v) is 8.08. The van der Waals surface area contributed by atoms with Crippen LogP contribution in [-0.4, -0.2) is 14.2 Å². The average molecular weight is 417 g/mol. The molecule has 1 N–H and O–H groups in total. The van der Waals surface area contributed by atoms with Gasteiger partial charge in [-0.1, -0.05) is 37.9 Å². The molecule has 0 spiro atoms. The summed E-state index contributed by atoms with van der Waals surface area (Å²) in [4.78, 5) is 0. The van der Waals surface area contributed by atoms with Crippen LogP contribution in [0.25, 0.3) is 0 Å². The first-order chi connectivity index (χ1) is 10.0. The van der Waals surface area contributed by atoms with Gasteiger partial charge in [-0.05, 0) is 49.4 Å². The van der Waals surface area contributed by atoms with Gasteiger partial charge in [0.2, 0.25) is 0 Å². The fourth-order valence-corrected chi connectivity index (χ4v) is 3.01. The molecule has 0 heterocycles. The summed E-state index contributed by atoms with van der Waals surface area (Å²) in [6, 6.07) is 10.7. The van der Waals surface area contributed by atoms with Gasteiger partial charge in [-0.15, -0.1) is 0 Å². The largest absolute Gasteiger partial charge is 0.496 e. The normalized spacial score (nSPS) is 12.2. The smallest absolute Gasteiger partial charge is 0.124 e. The predicted molar refractivity (Wildman–Crippen MR) is 90.3 cm³/mol. The van der Waals surface area contributed by atoms with Crippen molar-refractivity contribution >= 4 is 31.9 Å². The first-order valence-electron chi connectivity index (χ1n) is 6.49. The maximum Gasteiger partial charge on any atom is 0.124 e. The molecule has 0 aliphatic heterocycles. The van der Waals surface area contributed by atoms with Crippen molar-refractivity contribution in [1.29, 1.82) is 0 Å². The van der Waals surface area contributed by atoms with Gasteiger partial charge in [-0.3, -0.25) is 0 Å². The minimum atomic E-state index is -0.231. The van der Waals surface area contributed by atoms with E-state index in [-0.39, 0.29) is 11.9 Å². The van der Waals surface area contributed by atoms with Crippen molar-refractivity contribution in [1.82, 2.24) is 5.32 Å². The summed E-state index contributed by atoms with van der Waals surface area (Å²) in [5.74, 6) is 0.571. The lowest BCUT2D eigenvalue weighted by Gasteiger charge is -2.20. The van der Waals surface area contributed by atoms with E-state index >= 15 is 0 Å². The highest BCUT2D eigenvalue weighted by Gasteiger charge is 2.17. The van der Waals surface area contributed by atoms with E-state index in [4.69, 9.17) is 4.74 Å². The second-order valence-corrected chi connectivity index (χ2v) is 6.44. The molecule has 0 saturated carbocycles. The van der Waals surface area contributed by atoms with E-state index in [1.807, 2.05) is 25.2 Å². The fraction of sp³-hybridized carbons (Fsp3) is 0.250. The number of nitrogens with one attached hydrogen (secondary N) is 1. The molecule has 0 amide bonds. The Bertz CT molecular complexity index is 634. The highest BCUT2D eigenvalue weighted by Crippen LogP contribution is 2.32. The van der Waals surface area contributed by atoms with E-state index in [2.05, 4.69) is 37.2 Å². The molecule has 0 aliphatic carbocycles. The molecule has 0 fully saturated rings. The van der Waals surface area contributed by atoms with Gasteiger partial charge in [0.15, 0.2) is 0 Å². The molecule has 2 nitrogen and oxygen atoms in total. The number of likely N-dealkylation sites (N-methyl/N-ethyl adjacent to an activating group) is 1. The molecule has 2 rings (SSSR count). The van der Waals surface area contributed by atoms with Gasteiger partial charge in [-0.2, -0.15) is 0 Å². The highest BCUT2D eigenvalue weighted by atomic mass is 79.9. The Morgan fingerprint density at radius 1 is 1.19 bits per heavy atom. The minimum Gasteiger partial charge on any atom is -0.496 e. The van der Waals surface area contributed by atoms with Crippen molar-refractivity contribution < 1.29 is 9.13 Å². The van der Waals surface area contributed by atoms with Crippen molar-refractivity contribution in [2.45, 2.75) is 12.5 Å². The molecule has 0 bridgehead atoms. The van der Waals surface area contributed by atoms with Crippen LogP contribution in [0, 0.1) is 5.82 Å². The van der Waals surface area contributed by atoms with Crippen LogP contribution < -0.4 is 10.1 Å². The molecule has 5 heteroatoms. The Morgan fingerprint density at radius 3 is 2.62 bits per heavy atom. The van der Waals surface area contributed by atoms with Crippen LogP contribution in [-0.2, 0) is 6.42 Å². The lowest BCUT2D eigenvalue weighted by atomic mass is 9.98. The average Bonchev–Trinajstić information content (AvgIpc) is 2.48. The lowest BCUT2D eigenvalue weighted by Crippen LogP contribution is -2.20. The van der Waals surface area contributed by atoms with Crippen LogP contribution in [0.15, 0.2) is 45.3 Å². The van der Waals surface area contributed by atoms with Gasteiger partial charge in [0.1, 0.15) is 11.6 Å². The minimum absolute atomic E-state index is 0.0335. The lowest BCUT2D eigenvalue weighted by molar-refractivity contribution is 0.401. The molecule has 21 heavy (non-hydrogen) atoms. The Hall–Kier alpha value is -0.910.